The molecule has 2 unspecified atom stereocenters. The second-order valence-electron chi connectivity index (χ2n) is 5.99. The van der Waals surface area contributed by atoms with Crippen molar-refractivity contribution in [2.45, 2.75) is 32.9 Å². The smallest absolute Gasteiger partial charge is 0.0812 e. The van der Waals surface area contributed by atoms with Gasteiger partial charge in [-0.05, 0) is 22.4 Å². The van der Waals surface area contributed by atoms with Crippen molar-refractivity contribution in [1.82, 2.24) is 4.98 Å². The Hall–Kier alpha value is -1.45. The molecule has 2 atom stereocenters. The van der Waals surface area contributed by atoms with Crippen LogP contribution in [-0.4, -0.2) is 18.2 Å². The highest BCUT2D eigenvalue weighted by molar-refractivity contribution is 5.85. The zero-order chi connectivity index (χ0) is 14.0. The first-order valence-corrected chi connectivity index (χ1v) is 6.56. The van der Waals surface area contributed by atoms with Crippen LogP contribution in [0.1, 0.15) is 32.4 Å². The van der Waals surface area contributed by atoms with E-state index in [0.29, 0.717) is 0 Å². The lowest BCUT2D eigenvalue weighted by Crippen LogP contribution is -2.38. The number of rotatable bonds is 3. The summed E-state index contributed by atoms with van der Waals surface area (Å²) in [5, 5.41) is 2.26. The monoisotopic (exact) mass is 258 g/mol. The van der Waals surface area contributed by atoms with E-state index in [1.54, 1.807) is 13.3 Å². The maximum absolute atomic E-state index is 6.46. The van der Waals surface area contributed by atoms with Gasteiger partial charge in [0.05, 0.1) is 12.1 Å². The Morgan fingerprint density at radius 2 is 1.95 bits per heavy atom. The van der Waals surface area contributed by atoms with Crippen LogP contribution in [0, 0.1) is 5.41 Å². The quantitative estimate of drug-likeness (QED) is 0.919. The van der Waals surface area contributed by atoms with Gasteiger partial charge >= 0.3 is 0 Å². The number of nitrogens with zero attached hydrogens (tertiary/aromatic N) is 1. The molecule has 0 saturated carbocycles. The van der Waals surface area contributed by atoms with Gasteiger partial charge in [0.1, 0.15) is 0 Å². The minimum Gasteiger partial charge on any atom is -0.379 e. The molecule has 3 nitrogen and oxygen atoms in total. The van der Waals surface area contributed by atoms with Crippen molar-refractivity contribution in [2.24, 2.45) is 11.1 Å². The average Bonchev–Trinajstić information content (AvgIpc) is 2.37. The van der Waals surface area contributed by atoms with E-state index in [-0.39, 0.29) is 17.6 Å². The van der Waals surface area contributed by atoms with Crippen molar-refractivity contribution in [2.75, 3.05) is 7.11 Å². The summed E-state index contributed by atoms with van der Waals surface area (Å²) < 4.78 is 5.64. The Kier molecular flexibility index (Phi) is 3.88. The Bertz CT molecular complexity index is 555. The van der Waals surface area contributed by atoms with E-state index >= 15 is 0 Å². The van der Waals surface area contributed by atoms with Crippen LogP contribution >= 0.6 is 0 Å². The summed E-state index contributed by atoms with van der Waals surface area (Å²) >= 11 is 0. The first kappa shape index (κ1) is 14.0. The topological polar surface area (TPSA) is 48.1 Å². The number of aromatic nitrogens is 1. The summed E-state index contributed by atoms with van der Waals surface area (Å²) in [6.07, 6.45) is 3.63. The Labute approximate surface area is 114 Å². The highest BCUT2D eigenvalue weighted by atomic mass is 16.5. The normalized spacial score (nSPS) is 15.4. The van der Waals surface area contributed by atoms with E-state index in [4.69, 9.17) is 10.5 Å². The summed E-state index contributed by atoms with van der Waals surface area (Å²) in [6.45, 7) is 6.44. The number of pyridine rings is 1. The molecule has 0 aliphatic rings. The second kappa shape index (κ2) is 5.27. The molecular weight excluding hydrogens is 236 g/mol. The number of methoxy groups -OCH3 is 1. The van der Waals surface area contributed by atoms with Crippen molar-refractivity contribution >= 4 is 10.8 Å². The molecule has 0 aliphatic carbocycles. The maximum atomic E-state index is 6.46. The fraction of sp³-hybridized carbons (Fsp3) is 0.438. The molecule has 2 N–H and O–H groups in total. The lowest BCUT2D eigenvalue weighted by molar-refractivity contribution is -0.00212. The molecule has 19 heavy (non-hydrogen) atoms. The maximum Gasteiger partial charge on any atom is 0.0812 e. The fourth-order valence-corrected chi connectivity index (χ4v) is 2.64. The number of hydrogen-bond acceptors (Lipinski definition) is 3. The van der Waals surface area contributed by atoms with Crippen molar-refractivity contribution in [1.29, 1.82) is 0 Å². The van der Waals surface area contributed by atoms with Gasteiger partial charge in [0.2, 0.25) is 0 Å². The summed E-state index contributed by atoms with van der Waals surface area (Å²) in [5.41, 5.74) is 7.56. The number of hydrogen-bond donors (Lipinski definition) is 1. The molecule has 0 bridgehead atoms. The lowest BCUT2D eigenvalue weighted by Gasteiger charge is -2.34. The predicted octanol–water partition coefficient (Wildman–Crippen LogP) is 3.30. The van der Waals surface area contributed by atoms with E-state index < -0.39 is 0 Å². The van der Waals surface area contributed by atoms with Crippen LogP contribution < -0.4 is 5.73 Å². The van der Waals surface area contributed by atoms with Crippen LogP contribution in [0.25, 0.3) is 10.8 Å². The molecule has 2 rings (SSSR count). The molecule has 1 heterocycles. The van der Waals surface area contributed by atoms with Gasteiger partial charge in [-0.2, -0.15) is 0 Å². The van der Waals surface area contributed by atoms with Gasteiger partial charge in [0.15, 0.2) is 0 Å². The average molecular weight is 258 g/mol. The van der Waals surface area contributed by atoms with E-state index in [0.717, 1.165) is 16.3 Å². The van der Waals surface area contributed by atoms with E-state index in [2.05, 4.69) is 37.9 Å². The molecule has 0 saturated heterocycles. The van der Waals surface area contributed by atoms with Gasteiger partial charge in [-0.25, -0.2) is 0 Å². The predicted molar refractivity (Wildman–Crippen MR) is 78.9 cm³/mol. The third kappa shape index (κ3) is 2.77. The van der Waals surface area contributed by atoms with E-state index in [1.807, 2.05) is 18.3 Å². The van der Waals surface area contributed by atoms with Gasteiger partial charge in [-0.3, -0.25) is 4.98 Å². The van der Waals surface area contributed by atoms with Gasteiger partial charge in [-0.15, -0.1) is 0 Å². The number of fused-ring (bicyclic) bond motifs is 1. The zero-order valence-electron chi connectivity index (χ0n) is 12.1. The third-order valence-corrected chi connectivity index (χ3v) is 3.51. The van der Waals surface area contributed by atoms with E-state index in [1.165, 1.54) is 0 Å². The molecule has 102 valence electrons. The van der Waals surface area contributed by atoms with E-state index in [9.17, 15) is 0 Å². The van der Waals surface area contributed by atoms with Crippen LogP contribution in [0.15, 0.2) is 36.7 Å². The standard InChI is InChI=1S/C16H22N2O/c1-16(2,3)15(19-4)14(17)13-7-5-6-11-10-18-9-8-12(11)13/h5-10,14-15H,17H2,1-4H3. The second-order valence-corrected chi connectivity index (χ2v) is 5.99. The van der Waals surface area contributed by atoms with Crippen LogP contribution in [0.5, 0.6) is 0 Å². The van der Waals surface area contributed by atoms with Crippen LogP contribution in [0.2, 0.25) is 0 Å². The van der Waals surface area contributed by atoms with Gasteiger partial charge in [0.25, 0.3) is 0 Å². The summed E-state index contributed by atoms with van der Waals surface area (Å²) in [6, 6.07) is 8.01. The molecule has 0 radical (unpaired) electrons. The van der Waals surface area contributed by atoms with Gasteiger partial charge in [0, 0.05) is 24.9 Å². The molecule has 0 fully saturated rings. The molecule has 1 aromatic carbocycles. The first-order valence-electron chi connectivity index (χ1n) is 6.56. The summed E-state index contributed by atoms with van der Waals surface area (Å²) in [7, 11) is 1.72. The largest absolute Gasteiger partial charge is 0.379 e. The Morgan fingerprint density at radius 1 is 1.21 bits per heavy atom. The van der Waals surface area contributed by atoms with Crippen molar-refractivity contribution < 1.29 is 4.74 Å². The molecule has 0 aliphatic heterocycles. The summed E-state index contributed by atoms with van der Waals surface area (Å²) in [4.78, 5) is 4.16. The minimum atomic E-state index is -0.156. The molecule has 1 aromatic heterocycles. The minimum absolute atomic E-state index is 0.0106. The Morgan fingerprint density at radius 3 is 2.58 bits per heavy atom. The Balaban J connectivity index is 2.49. The molecule has 2 aromatic rings. The van der Waals surface area contributed by atoms with Crippen molar-refractivity contribution in [3.05, 3.63) is 42.2 Å². The molecular formula is C16H22N2O. The molecule has 0 spiro atoms. The van der Waals surface area contributed by atoms with Crippen LogP contribution in [0.3, 0.4) is 0 Å². The van der Waals surface area contributed by atoms with Gasteiger partial charge in [-0.1, -0.05) is 39.0 Å². The fourth-order valence-electron chi connectivity index (χ4n) is 2.64. The lowest BCUT2D eigenvalue weighted by atomic mass is 9.81. The number of ether oxygens (including phenoxy) is 1. The highest BCUT2D eigenvalue weighted by Gasteiger charge is 2.31. The van der Waals surface area contributed by atoms with Crippen molar-refractivity contribution in [3.8, 4) is 0 Å². The van der Waals surface area contributed by atoms with Crippen LogP contribution in [0.4, 0.5) is 0 Å². The zero-order valence-corrected chi connectivity index (χ0v) is 12.1. The highest BCUT2D eigenvalue weighted by Crippen LogP contribution is 2.33. The first-order chi connectivity index (χ1) is 8.95. The number of nitrogens with two attached hydrogens (primary N) is 1. The van der Waals surface area contributed by atoms with Crippen molar-refractivity contribution in [3.63, 3.8) is 0 Å². The van der Waals surface area contributed by atoms with Crippen LogP contribution in [-0.2, 0) is 4.74 Å². The van der Waals surface area contributed by atoms with Gasteiger partial charge < -0.3 is 10.5 Å². The molecule has 0 amide bonds. The summed E-state index contributed by atoms with van der Waals surface area (Å²) in [5.74, 6) is 0. The SMILES string of the molecule is COC(C(N)c1cccc2cnccc12)C(C)(C)C. The number of benzene rings is 1. The third-order valence-electron chi connectivity index (χ3n) is 3.51. The molecule has 3 heteroatoms.